The maximum absolute atomic E-state index is 10.4. The first kappa shape index (κ1) is 11.9. The van der Waals surface area contributed by atoms with Crippen LogP contribution in [-0.2, 0) is 18.6 Å². The monoisotopic (exact) mass is 234 g/mol. The van der Waals surface area contributed by atoms with E-state index in [0.29, 0.717) is 6.42 Å². The number of hydrogen-bond acceptors (Lipinski definition) is 3. The van der Waals surface area contributed by atoms with Gasteiger partial charge in [0.25, 0.3) is 0 Å². The Kier molecular flexibility index (Phi) is 3.33. The summed E-state index contributed by atoms with van der Waals surface area (Å²) in [5.41, 5.74) is -0.160. The van der Waals surface area contributed by atoms with Crippen molar-refractivity contribution in [2.75, 3.05) is 0 Å². The molecule has 1 unspecified atom stereocenters. The SMILES string of the molecule is CCCn1ccnc1CC(C)(O)c1ccoc1. The molecule has 0 saturated heterocycles. The predicted octanol–water partition coefficient (Wildman–Crippen LogP) is 2.34. The van der Waals surface area contributed by atoms with Crippen LogP contribution in [0.3, 0.4) is 0 Å². The summed E-state index contributed by atoms with van der Waals surface area (Å²) in [5.74, 6) is 0.901. The molecule has 4 heteroatoms. The first-order valence-corrected chi connectivity index (χ1v) is 5.88. The van der Waals surface area contributed by atoms with Crippen molar-refractivity contribution in [1.29, 1.82) is 0 Å². The molecule has 0 aliphatic carbocycles. The van der Waals surface area contributed by atoms with Gasteiger partial charge in [0.15, 0.2) is 0 Å². The number of aliphatic hydroxyl groups is 1. The van der Waals surface area contributed by atoms with Crippen LogP contribution < -0.4 is 0 Å². The van der Waals surface area contributed by atoms with Crippen LogP contribution >= 0.6 is 0 Å². The second-order valence-electron chi connectivity index (χ2n) is 4.50. The Morgan fingerprint density at radius 2 is 2.35 bits per heavy atom. The van der Waals surface area contributed by atoms with Gasteiger partial charge in [-0.3, -0.25) is 0 Å². The van der Waals surface area contributed by atoms with E-state index < -0.39 is 5.60 Å². The molecule has 0 aliphatic rings. The van der Waals surface area contributed by atoms with Gasteiger partial charge in [0.1, 0.15) is 5.82 Å². The zero-order valence-corrected chi connectivity index (χ0v) is 10.3. The molecule has 4 nitrogen and oxygen atoms in total. The van der Waals surface area contributed by atoms with E-state index in [2.05, 4.69) is 16.5 Å². The Balaban J connectivity index is 2.17. The highest BCUT2D eigenvalue weighted by Crippen LogP contribution is 2.25. The summed E-state index contributed by atoms with van der Waals surface area (Å²) < 4.78 is 7.09. The minimum absolute atomic E-state index is 0.486. The Labute approximate surface area is 101 Å². The smallest absolute Gasteiger partial charge is 0.111 e. The van der Waals surface area contributed by atoms with E-state index in [1.54, 1.807) is 31.7 Å². The van der Waals surface area contributed by atoms with E-state index in [4.69, 9.17) is 4.42 Å². The summed E-state index contributed by atoms with van der Waals surface area (Å²) in [7, 11) is 0. The molecule has 2 heterocycles. The van der Waals surface area contributed by atoms with E-state index in [0.717, 1.165) is 24.4 Å². The number of aromatic nitrogens is 2. The van der Waals surface area contributed by atoms with Crippen molar-refractivity contribution in [2.45, 2.75) is 38.8 Å². The molecule has 1 N–H and O–H groups in total. The van der Waals surface area contributed by atoms with Gasteiger partial charge in [0, 0.05) is 30.9 Å². The molecule has 92 valence electrons. The zero-order chi connectivity index (χ0) is 12.3. The fourth-order valence-corrected chi connectivity index (χ4v) is 1.93. The van der Waals surface area contributed by atoms with E-state index in [1.807, 2.05) is 6.20 Å². The lowest BCUT2D eigenvalue weighted by atomic mass is 9.95. The van der Waals surface area contributed by atoms with Crippen LogP contribution in [-0.4, -0.2) is 14.7 Å². The van der Waals surface area contributed by atoms with Crippen LogP contribution in [0.2, 0.25) is 0 Å². The number of hydrogen-bond donors (Lipinski definition) is 1. The Hall–Kier alpha value is -1.55. The standard InChI is InChI=1S/C13H18N2O2/c1-3-6-15-7-5-14-12(15)9-13(2,16)11-4-8-17-10-11/h4-5,7-8,10,16H,3,6,9H2,1-2H3. The van der Waals surface area contributed by atoms with Crippen molar-refractivity contribution >= 4 is 0 Å². The number of furan rings is 1. The minimum Gasteiger partial charge on any atom is -0.472 e. The molecule has 2 aromatic rings. The summed E-state index contributed by atoms with van der Waals surface area (Å²) >= 11 is 0. The van der Waals surface area contributed by atoms with Crippen LogP contribution in [0.1, 0.15) is 31.7 Å². The fraction of sp³-hybridized carbons (Fsp3) is 0.462. The number of rotatable bonds is 5. The van der Waals surface area contributed by atoms with Gasteiger partial charge in [-0.15, -0.1) is 0 Å². The van der Waals surface area contributed by atoms with E-state index >= 15 is 0 Å². The Bertz CT molecular complexity index is 457. The van der Waals surface area contributed by atoms with Gasteiger partial charge in [0.2, 0.25) is 0 Å². The third kappa shape index (κ3) is 2.58. The van der Waals surface area contributed by atoms with Crippen molar-refractivity contribution in [2.24, 2.45) is 0 Å². The van der Waals surface area contributed by atoms with E-state index in [9.17, 15) is 5.11 Å². The van der Waals surface area contributed by atoms with Gasteiger partial charge in [-0.05, 0) is 19.4 Å². The summed E-state index contributed by atoms with van der Waals surface area (Å²) in [6.45, 7) is 4.83. The Morgan fingerprint density at radius 1 is 1.53 bits per heavy atom. The van der Waals surface area contributed by atoms with Crippen LogP contribution in [0, 0.1) is 0 Å². The van der Waals surface area contributed by atoms with Crippen LogP contribution in [0.25, 0.3) is 0 Å². The van der Waals surface area contributed by atoms with Gasteiger partial charge in [-0.25, -0.2) is 4.98 Å². The van der Waals surface area contributed by atoms with Crippen LogP contribution in [0.15, 0.2) is 35.4 Å². The van der Waals surface area contributed by atoms with Crippen molar-refractivity contribution in [1.82, 2.24) is 9.55 Å². The largest absolute Gasteiger partial charge is 0.472 e. The summed E-state index contributed by atoms with van der Waals surface area (Å²) in [6.07, 6.45) is 8.41. The normalized spacial score (nSPS) is 14.8. The number of imidazole rings is 1. The van der Waals surface area contributed by atoms with Crippen molar-refractivity contribution < 1.29 is 9.52 Å². The molecule has 17 heavy (non-hydrogen) atoms. The second-order valence-corrected chi connectivity index (χ2v) is 4.50. The molecule has 0 aliphatic heterocycles. The van der Waals surface area contributed by atoms with Crippen molar-refractivity contribution in [3.8, 4) is 0 Å². The fourth-order valence-electron chi connectivity index (χ4n) is 1.93. The predicted molar refractivity (Wildman–Crippen MR) is 64.5 cm³/mol. The van der Waals surface area contributed by atoms with Gasteiger partial charge in [0.05, 0.1) is 18.1 Å². The molecule has 2 aromatic heterocycles. The van der Waals surface area contributed by atoms with Gasteiger partial charge in [-0.2, -0.15) is 0 Å². The lowest BCUT2D eigenvalue weighted by Gasteiger charge is -2.21. The quantitative estimate of drug-likeness (QED) is 0.863. The maximum atomic E-state index is 10.4. The third-order valence-electron chi connectivity index (χ3n) is 2.91. The summed E-state index contributed by atoms with van der Waals surface area (Å²) in [6, 6.07) is 1.78. The average Bonchev–Trinajstić information content (AvgIpc) is 2.90. The minimum atomic E-state index is -0.941. The molecule has 0 bridgehead atoms. The van der Waals surface area contributed by atoms with E-state index in [1.165, 1.54) is 0 Å². The van der Waals surface area contributed by atoms with Crippen LogP contribution in [0.5, 0.6) is 0 Å². The third-order valence-corrected chi connectivity index (χ3v) is 2.91. The molecule has 0 spiro atoms. The first-order chi connectivity index (χ1) is 8.13. The number of nitrogens with zero attached hydrogens (tertiary/aromatic N) is 2. The topological polar surface area (TPSA) is 51.2 Å². The zero-order valence-electron chi connectivity index (χ0n) is 10.3. The molecular formula is C13H18N2O2. The summed E-state index contributed by atoms with van der Waals surface area (Å²) in [5, 5.41) is 10.4. The maximum Gasteiger partial charge on any atom is 0.111 e. The highest BCUT2D eigenvalue weighted by Gasteiger charge is 2.26. The molecule has 0 aromatic carbocycles. The molecular weight excluding hydrogens is 216 g/mol. The van der Waals surface area contributed by atoms with Crippen molar-refractivity contribution in [3.05, 3.63) is 42.4 Å². The molecule has 0 saturated carbocycles. The van der Waals surface area contributed by atoms with Crippen molar-refractivity contribution in [3.63, 3.8) is 0 Å². The average molecular weight is 234 g/mol. The molecule has 0 radical (unpaired) electrons. The lowest BCUT2D eigenvalue weighted by molar-refractivity contribution is 0.0539. The molecule has 2 rings (SSSR count). The van der Waals surface area contributed by atoms with Crippen LogP contribution in [0.4, 0.5) is 0 Å². The summed E-state index contributed by atoms with van der Waals surface area (Å²) in [4.78, 5) is 4.30. The van der Waals surface area contributed by atoms with Gasteiger partial charge in [-0.1, -0.05) is 6.92 Å². The van der Waals surface area contributed by atoms with Gasteiger partial charge >= 0.3 is 0 Å². The van der Waals surface area contributed by atoms with E-state index in [-0.39, 0.29) is 0 Å². The highest BCUT2D eigenvalue weighted by molar-refractivity contribution is 5.17. The molecule has 1 atom stereocenters. The second kappa shape index (κ2) is 4.75. The number of aryl methyl sites for hydroxylation is 1. The first-order valence-electron chi connectivity index (χ1n) is 5.88. The van der Waals surface area contributed by atoms with Gasteiger partial charge < -0.3 is 14.1 Å². The lowest BCUT2D eigenvalue weighted by Crippen LogP contribution is -2.25. The molecule has 0 amide bonds. The Morgan fingerprint density at radius 3 is 3.00 bits per heavy atom. The highest BCUT2D eigenvalue weighted by atomic mass is 16.3. The molecule has 0 fully saturated rings.